The molecule has 0 radical (unpaired) electrons. The van der Waals surface area contributed by atoms with Crippen molar-refractivity contribution in [3.63, 3.8) is 0 Å². The summed E-state index contributed by atoms with van der Waals surface area (Å²) in [7, 11) is -3.38. The molecule has 0 saturated carbocycles. The van der Waals surface area contributed by atoms with Gasteiger partial charge >= 0.3 is 0 Å². The molecule has 0 aromatic heterocycles. The number of piperazine rings is 1. The van der Waals surface area contributed by atoms with Crippen molar-refractivity contribution < 1.29 is 13.2 Å². The van der Waals surface area contributed by atoms with E-state index < -0.39 is 10.0 Å². The van der Waals surface area contributed by atoms with Gasteiger partial charge in [-0.05, 0) is 24.3 Å². The van der Waals surface area contributed by atoms with Crippen molar-refractivity contribution in [3.8, 4) is 0 Å². The second kappa shape index (κ2) is 8.25. The first-order valence-electron chi connectivity index (χ1n) is 8.34. The fraction of sp³-hybridized carbons (Fsp3) is 0.625. The summed E-state index contributed by atoms with van der Waals surface area (Å²) in [5.74, 6) is 0. The van der Waals surface area contributed by atoms with Crippen molar-refractivity contribution in [1.82, 2.24) is 14.1 Å². The van der Waals surface area contributed by atoms with Gasteiger partial charge in [0.25, 0.3) is 0 Å². The highest BCUT2D eigenvalue weighted by atomic mass is 79.9. The number of hydrogen-bond donors (Lipinski definition) is 0. The van der Waals surface area contributed by atoms with Crippen LogP contribution < -0.4 is 0 Å². The van der Waals surface area contributed by atoms with Gasteiger partial charge in [0.1, 0.15) is 0 Å². The van der Waals surface area contributed by atoms with Crippen LogP contribution in [0.25, 0.3) is 0 Å². The van der Waals surface area contributed by atoms with Gasteiger partial charge in [-0.1, -0.05) is 15.9 Å². The Morgan fingerprint density at radius 3 is 2.00 bits per heavy atom. The maximum absolute atomic E-state index is 12.7. The molecule has 1 aromatic carbocycles. The lowest BCUT2D eigenvalue weighted by Gasteiger charge is -2.35. The highest BCUT2D eigenvalue weighted by Crippen LogP contribution is 2.20. The first kappa shape index (κ1) is 18.3. The lowest BCUT2D eigenvalue weighted by Crippen LogP contribution is -2.50. The molecule has 0 aliphatic carbocycles. The molecular weight excluding hydrogens is 394 g/mol. The Morgan fingerprint density at radius 1 is 0.875 bits per heavy atom. The van der Waals surface area contributed by atoms with Crippen LogP contribution in [0, 0.1) is 0 Å². The normalized spacial score (nSPS) is 21.9. The third kappa shape index (κ3) is 4.56. The predicted octanol–water partition coefficient (Wildman–Crippen LogP) is 1.09. The average Bonchev–Trinajstić information content (AvgIpc) is 2.61. The van der Waals surface area contributed by atoms with Crippen molar-refractivity contribution in [3.05, 3.63) is 28.7 Å². The van der Waals surface area contributed by atoms with Gasteiger partial charge in [-0.15, -0.1) is 0 Å². The zero-order valence-electron chi connectivity index (χ0n) is 13.7. The molecule has 0 atom stereocenters. The lowest BCUT2D eigenvalue weighted by molar-refractivity contribution is 0.0317. The fourth-order valence-corrected chi connectivity index (χ4v) is 4.74. The molecule has 6 nitrogen and oxygen atoms in total. The quantitative estimate of drug-likeness (QED) is 0.717. The number of morpholine rings is 1. The minimum absolute atomic E-state index is 0.368. The van der Waals surface area contributed by atoms with Gasteiger partial charge in [-0.2, -0.15) is 4.31 Å². The summed E-state index contributed by atoms with van der Waals surface area (Å²) in [6, 6.07) is 6.85. The number of ether oxygens (including phenoxy) is 1. The minimum atomic E-state index is -3.38. The zero-order chi connectivity index (χ0) is 17.0. The van der Waals surface area contributed by atoms with Gasteiger partial charge in [0.2, 0.25) is 10.0 Å². The minimum Gasteiger partial charge on any atom is -0.379 e. The Kier molecular flexibility index (Phi) is 6.28. The van der Waals surface area contributed by atoms with Gasteiger partial charge < -0.3 is 4.74 Å². The Morgan fingerprint density at radius 2 is 1.42 bits per heavy atom. The number of sulfonamides is 1. The number of benzene rings is 1. The number of nitrogens with zero attached hydrogens (tertiary/aromatic N) is 3. The second-order valence-corrected chi connectivity index (χ2v) is 9.01. The molecular formula is C16H24BrN3O3S. The number of hydrogen-bond acceptors (Lipinski definition) is 5. The van der Waals surface area contributed by atoms with Crippen molar-refractivity contribution in [2.24, 2.45) is 0 Å². The van der Waals surface area contributed by atoms with Crippen LogP contribution in [0.5, 0.6) is 0 Å². The van der Waals surface area contributed by atoms with Crippen molar-refractivity contribution in [1.29, 1.82) is 0 Å². The molecule has 24 heavy (non-hydrogen) atoms. The van der Waals surface area contributed by atoms with Crippen LogP contribution in [0.15, 0.2) is 33.6 Å². The number of rotatable bonds is 5. The molecule has 1 aromatic rings. The van der Waals surface area contributed by atoms with E-state index in [0.717, 1.165) is 57.0 Å². The molecule has 0 bridgehead atoms. The Bertz CT molecular complexity index is 624. The van der Waals surface area contributed by atoms with Crippen molar-refractivity contribution in [2.45, 2.75) is 4.90 Å². The highest BCUT2D eigenvalue weighted by molar-refractivity contribution is 9.10. The van der Waals surface area contributed by atoms with Crippen molar-refractivity contribution in [2.75, 3.05) is 65.6 Å². The van der Waals surface area contributed by atoms with Crippen LogP contribution in [0.1, 0.15) is 0 Å². The predicted molar refractivity (Wildman–Crippen MR) is 96.6 cm³/mol. The Hall–Kier alpha value is -0.510. The van der Waals surface area contributed by atoms with Crippen LogP contribution in [-0.4, -0.2) is 88.1 Å². The molecule has 8 heteroatoms. The van der Waals surface area contributed by atoms with Gasteiger partial charge in [-0.25, -0.2) is 8.42 Å². The van der Waals surface area contributed by atoms with E-state index >= 15 is 0 Å². The largest absolute Gasteiger partial charge is 0.379 e. The molecule has 2 heterocycles. The molecule has 0 unspecified atom stereocenters. The smallest absolute Gasteiger partial charge is 0.243 e. The summed E-state index contributed by atoms with van der Waals surface area (Å²) >= 11 is 3.34. The molecule has 2 saturated heterocycles. The summed E-state index contributed by atoms with van der Waals surface area (Å²) in [6.45, 7) is 8.35. The molecule has 3 rings (SSSR count). The lowest BCUT2D eigenvalue weighted by atomic mass is 10.3. The summed E-state index contributed by atoms with van der Waals surface area (Å²) < 4.78 is 33.2. The molecule has 2 aliphatic rings. The fourth-order valence-electron chi connectivity index (χ4n) is 3.06. The van der Waals surface area contributed by atoms with Gasteiger partial charge in [0, 0.05) is 56.8 Å². The van der Waals surface area contributed by atoms with Gasteiger partial charge in [-0.3, -0.25) is 9.80 Å². The topological polar surface area (TPSA) is 53.1 Å². The SMILES string of the molecule is O=S(=O)(c1ccc(Br)cc1)N1CCN(CCN2CCOCC2)CC1. The molecule has 0 amide bonds. The van der Waals surface area contributed by atoms with Gasteiger partial charge in [0.15, 0.2) is 0 Å². The van der Waals surface area contributed by atoms with E-state index in [1.54, 1.807) is 28.6 Å². The molecule has 0 N–H and O–H groups in total. The van der Waals surface area contributed by atoms with E-state index in [4.69, 9.17) is 4.74 Å². The Balaban J connectivity index is 1.49. The number of halogens is 1. The van der Waals surface area contributed by atoms with E-state index in [2.05, 4.69) is 25.7 Å². The zero-order valence-corrected chi connectivity index (χ0v) is 16.1. The first-order chi connectivity index (χ1) is 11.6. The van der Waals surface area contributed by atoms with Crippen LogP contribution in [-0.2, 0) is 14.8 Å². The average molecular weight is 418 g/mol. The highest BCUT2D eigenvalue weighted by Gasteiger charge is 2.28. The van der Waals surface area contributed by atoms with Crippen LogP contribution in [0.3, 0.4) is 0 Å². The maximum Gasteiger partial charge on any atom is 0.243 e. The van der Waals surface area contributed by atoms with Crippen LogP contribution in [0.2, 0.25) is 0 Å². The summed E-state index contributed by atoms with van der Waals surface area (Å²) in [4.78, 5) is 5.13. The Labute approximate surface area is 152 Å². The second-order valence-electron chi connectivity index (χ2n) is 6.15. The maximum atomic E-state index is 12.7. The van der Waals surface area contributed by atoms with E-state index in [1.807, 2.05) is 0 Å². The van der Waals surface area contributed by atoms with Gasteiger partial charge in [0.05, 0.1) is 18.1 Å². The summed E-state index contributed by atoms with van der Waals surface area (Å²) in [5, 5.41) is 0. The molecule has 0 spiro atoms. The van der Waals surface area contributed by atoms with E-state index in [9.17, 15) is 8.42 Å². The summed E-state index contributed by atoms with van der Waals surface area (Å²) in [5.41, 5.74) is 0. The molecule has 2 aliphatic heterocycles. The van der Waals surface area contributed by atoms with E-state index in [0.29, 0.717) is 18.0 Å². The monoisotopic (exact) mass is 417 g/mol. The summed E-state index contributed by atoms with van der Waals surface area (Å²) in [6.07, 6.45) is 0. The van der Waals surface area contributed by atoms with E-state index in [-0.39, 0.29) is 0 Å². The van der Waals surface area contributed by atoms with Crippen molar-refractivity contribution >= 4 is 26.0 Å². The third-order valence-corrected chi connectivity index (χ3v) is 7.06. The first-order valence-corrected chi connectivity index (χ1v) is 10.6. The van der Waals surface area contributed by atoms with Crippen LogP contribution in [0.4, 0.5) is 0 Å². The molecule has 2 fully saturated rings. The van der Waals surface area contributed by atoms with E-state index in [1.165, 1.54) is 0 Å². The molecule has 134 valence electrons. The van der Waals surface area contributed by atoms with Crippen LogP contribution >= 0.6 is 15.9 Å². The third-order valence-electron chi connectivity index (χ3n) is 4.62. The standard InChI is InChI=1S/C16H24BrN3O3S/c17-15-1-3-16(4-2-15)24(21,22)20-9-7-18(8-10-20)5-6-19-11-13-23-14-12-19/h1-4H,5-14H2.